The number of nitrogens with zero attached hydrogens (tertiary/aromatic N) is 2. The lowest BCUT2D eigenvalue weighted by Gasteiger charge is -2.14. The molecule has 0 radical (unpaired) electrons. The average Bonchev–Trinajstić information content (AvgIpc) is 3.14. The van der Waals surface area contributed by atoms with E-state index >= 15 is 0 Å². The van der Waals surface area contributed by atoms with Crippen molar-refractivity contribution in [3.8, 4) is 6.07 Å². The summed E-state index contributed by atoms with van der Waals surface area (Å²) in [7, 11) is -0.188. The van der Waals surface area contributed by atoms with E-state index in [4.69, 9.17) is 5.26 Å². The van der Waals surface area contributed by atoms with Gasteiger partial charge in [-0.1, -0.05) is 37.3 Å². The molecule has 27 heavy (non-hydrogen) atoms. The van der Waals surface area contributed by atoms with Crippen LogP contribution in [-0.2, 0) is 11.0 Å². The molecule has 0 aliphatic rings. The predicted molar refractivity (Wildman–Crippen MR) is 117 cm³/mol. The summed E-state index contributed by atoms with van der Waals surface area (Å²) in [4.78, 5) is 0.597. The molecule has 3 rings (SSSR count). The minimum atomic E-state index is -1.65. The molecular formula is C19H15FIN3OS2. The minimum Gasteiger partial charge on any atom is -0.298 e. The summed E-state index contributed by atoms with van der Waals surface area (Å²) in [6, 6.07) is 15.9. The third-order valence-electron chi connectivity index (χ3n) is 4.14. The van der Waals surface area contributed by atoms with Gasteiger partial charge < -0.3 is 0 Å². The van der Waals surface area contributed by atoms with Gasteiger partial charge in [0.05, 0.1) is 22.2 Å². The molecule has 0 saturated heterocycles. The van der Waals surface area contributed by atoms with E-state index in [0.717, 1.165) is 17.2 Å². The molecule has 1 N–H and O–H groups in total. The van der Waals surface area contributed by atoms with Gasteiger partial charge >= 0.3 is 0 Å². The Morgan fingerprint density at radius 2 is 2.00 bits per heavy atom. The number of hydrogen-bond acceptors (Lipinski definition) is 3. The summed E-state index contributed by atoms with van der Waals surface area (Å²) in [5.74, 6) is -0.578. The minimum absolute atomic E-state index is 0.0301. The van der Waals surface area contributed by atoms with Gasteiger partial charge in [-0.3, -0.25) is 8.69 Å². The van der Waals surface area contributed by atoms with Crippen molar-refractivity contribution in [2.75, 3.05) is 4.72 Å². The van der Waals surface area contributed by atoms with Gasteiger partial charge in [0.1, 0.15) is 5.82 Å². The zero-order valence-corrected chi connectivity index (χ0v) is 18.0. The number of aromatic nitrogens is 1. The number of benzene rings is 2. The van der Waals surface area contributed by atoms with Crippen molar-refractivity contribution in [2.45, 2.75) is 17.7 Å². The highest BCUT2D eigenvalue weighted by Gasteiger charge is 2.20. The zero-order valence-electron chi connectivity index (χ0n) is 14.2. The summed E-state index contributed by atoms with van der Waals surface area (Å²) in [5.41, 5.74) is 2.33. The first-order valence-electron chi connectivity index (χ1n) is 7.97. The van der Waals surface area contributed by atoms with E-state index in [1.54, 1.807) is 6.20 Å². The molecule has 0 amide bonds. The third-order valence-corrected chi connectivity index (χ3v) is 7.02. The lowest BCUT2D eigenvalue weighted by atomic mass is 9.95. The van der Waals surface area contributed by atoms with Crippen LogP contribution in [0, 0.1) is 17.1 Å². The first kappa shape index (κ1) is 19.9. The van der Waals surface area contributed by atoms with Crippen molar-refractivity contribution in [1.82, 2.24) is 3.97 Å². The number of hydrogen-bond donors (Lipinski definition) is 1. The number of anilines is 1. The van der Waals surface area contributed by atoms with Crippen LogP contribution >= 0.6 is 30.3 Å². The Morgan fingerprint density at radius 1 is 1.26 bits per heavy atom. The van der Waals surface area contributed by atoms with E-state index in [-0.39, 0.29) is 17.2 Å². The zero-order chi connectivity index (χ0) is 19.4. The fourth-order valence-corrected chi connectivity index (χ4v) is 4.87. The Morgan fingerprint density at radius 3 is 2.63 bits per heavy atom. The molecular weight excluding hydrogens is 496 g/mol. The van der Waals surface area contributed by atoms with Crippen LogP contribution in [-0.4, -0.2) is 8.18 Å². The van der Waals surface area contributed by atoms with Gasteiger partial charge in [-0.05, 0) is 29.3 Å². The summed E-state index contributed by atoms with van der Waals surface area (Å²) >= 11 is 2.15. The topological polar surface area (TPSA) is 57.8 Å². The quantitative estimate of drug-likeness (QED) is 0.437. The molecule has 138 valence electrons. The molecule has 0 saturated carbocycles. The van der Waals surface area contributed by atoms with Gasteiger partial charge in [-0.25, -0.2) is 8.60 Å². The van der Waals surface area contributed by atoms with Crippen LogP contribution in [0.1, 0.15) is 29.5 Å². The fourth-order valence-electron chi connectivity index (χ4n) is 2.69. The summed E-state index contributed by atoms with van der Waals surface area (Å²) in [6.07, 6.45) is 3.73. The highest BCUT2D eigenvalue weighted by atomic mass is 127. The maximum atomic E-state index is 14.2. The largest absolute Gasteiger partial charge is 0.298 e. The standard InChI is InChI=1S/C19H15FIN3OS2/c1-13(15-5-3-2-4-6-15)16-11-24(26-21)12-19(16)27(25)23-18-8-7-14(10-22)9-17(18)20/h2-9,11-13,23H,1H3. The maximum Gasteiger partial charge on any atom is 0.152 e. The number of nitriles is 1. The molecule has 2 aromatic carbocycles. The Kier molecular flexibility index (Phi) is 6.57. The SMILES string of the molecule is CC(c1ccccc1)c1cn(SI)cc1S(=O)Nc1ccc(C#N)cc1F. The van der Waals surface area contributed by atoms with Crippen LogP contribution < -0.4 is 4.72 Å². The summed E-state index contributed by atoms with van der Waals surface area (Å²) in [6.45, 7) is 2.05. The van der Waals surface area contributed by atoms with Crippen molar-refractivity contribution in [1.29, 1.82) is 5.26 Å². The summed E-state index contributed by atoms with van der Waals surface area (Å²) < 4.78 is 31.7. The van der Waals surface area contributed by atoms with E-state index in [0.29, 0.717) is 4.90 Å². The number of nitrogens with one attached hydrogen (secondary N) is 1. The van der Waals surface area contributed by atoms with E-state index in [1.165, 1.54) is 21.3 Å². The van der Waals surface area contributed by atoms with E-state index in [9.17, 15) is 8.60 Å². The molecule has 0 spiro atoms. The molecule has 2 unspecified atom stereocenters. The highest BCUT2D eigenvalue weighted by molar-refractivity contribution is 14.2. The molecule has 4 nitrogen and oxygen atoms in total. The highest BCUT2D eigenvalue weighted by Crippen LogP contribution is 2.33. The van der Waals surface area contributed by atoms with Gasteiger partial charge in [0, 0.05) is 48.6 Å². The monoisotopic (exact) mass is 511 g/mol. The second kappa shape index (κ2) is 8.91. The molecule has 0 fully saturated rings. The first-order valence-corrected chi connectivity index (χ1v) is 12.4. The molecule has 2 atom stereocenters. The van der Waals surface area contributed by atoms with E-state index < -0.39 is 16.8 Å². The molecule has 3 aromatic rings. The normalized spacial score (nSPS) is 13.0. The molecule has 0 aliphatic heterocycles. The van der Waals surface area contributed by atoms with Crippen molar-refractivity contribution >= 4 is 47.0 Å². The second-order valence-corrected chi connectivity index (χ2v) is 8.74. The molecule has 8 heteroatoms. The second-order valence-electron chi connectivity index (χ2n) is 5.82. The molecule has 0 bridgehead atoms. The van der Waals surface area contributed by atoms with Crippen LogP contribution in [0.4, 0.5) is 10.1 Å². The van der Waals surface area contributed by atoms with Crippen LogP contribution in [0.15, 0.2) is 65.8 Å². The van der Waals surface area contributed by atoms with Gasteiger partial charge in [0.25, 0.3) is 0 Å². The van der Waals surface area contributed by atoms with Gasteiger partial charge in [0.2, 0.25) is 0 Å². The lowest BCUT2D eigenvalue weighted by Crippen LogP contribution is -2.09. The first-order chi connectivity index (χ1) is 13.0. The van der Waals surface area contributed by atoms with E-state index in [2.05, 4.69) is 32.9 Å². The smallest absolute Gasteiger partial charge is 0.152 e. The van der Waals surface area contributed by atoms with Crippen molar-refractivity contribution in [3.05, 3.63) is 83.4 Å². The van der Waals surface area contributed by atoms with E-state index in [1.807, 2.05) is 46.6 Å². The maximum absolute atomic E-state index is 14.2. The fraction of sp³-hybridized carbons (Fsp3) is 0.105. The van der Waals surface area contributed by atoms with Crippen molar-refractivity contribution < 1.29 is 8.60 Å². The van der Waals surface area contributed by atoms with Crippen LogP contribution in [0.25, 0.3) is 0 Å². The van der Waals surface area contributed by atoms with Crippen molar-refractivity contribution in [2.24, 2.45) is 0 Å². The average molecular weight is 511 g/mol. The van der Waals surface area contributed by atoms with Gasteiger partial charge in [-0.15, -0.1) is 0 Å². The van der Waals surface area contributed by atoms with Gasteiger partial charge in [0.15, 0.2) is 11.0 Å². The summed E-state index contributed by atoms with van der Waals surface area (Å²) in [5, 5.41) is 8.85. The lowest BCUT2D eigenvalue weighted by molar-refractivity contribution is 0.631. The van der Waals surface area contributed by atoms with Crippen LogP contribution in [0.2, 0.25) is 0 Å². The number of rotatable bonds is 6. The van der Waals surface area contributed by atoms with Crippen LogP contribution in [0.5, 0.6) is 0 Å². The Balaban J connectivity index is 1.93. The molecule has 1 heterocycles. The van der Waals surface area contributed by atoms with Crippen molar-refractivity contribution in [3.63, 3.8) is 0 Å². The van der Waals surface area contributed by atoms with Crippen LogP contribution in [0.3, 0.4) is 0 Å². The molecule has 0 aliphatic carbocycles. The Labute approximate surface area is 176 Å². The predicted octanol–water partition coefficient (Wildman–Crippen LogP) is 5.63. The van der Waals surface area contributed by atoms with Gasteiger partial charge in [-0.2, -0.15) is 5.26 Å². The Hall–Kier alpha value is -1.83. The molecule has 1 aromatic heterocycles. The number of halogens is 2. The third kappa shape index (κ3) is 4.54. The Bertz CT molecular complexity index is 1020.